The lowest BCUT2D eigenvalue weighted by Crippen LogP contribution is -2.26. The van der Waals surface area contributed by atoms with E-state index in [1.165, 1.54) is 0 Å². The van der Waals surface area contributed by atoms with Gasteiger partial charge >= 0.3 is 6.18 Å². The molecule has 0 aromatic heterocycles. The molecule has 0 bridgehead atoms. The average molecular weight is 288 g/mol. The largest absolute Gasteiger partial charge is 0.396 e. The van der Waals surface area contributed by atoms with Crippen LogP contribution in [0.3, 0.4) is 0 Å². The van der Waals surface area contributed by atoms with E-state index in [1.807, 2.05) is 0 Å². The van der Waals surface area contributed by atoms with Crippen LogP contribution < -0.4 is 0 Å². The number of alkyl halides is 3. The van der Waals surface area contributed by atoms with Crippen LogP contribution in [0.25, 0.3) is 0 Å². The van der Waals surface area contributed by atoms with Gasteiger partial charge in [0, 0.05) is 6.61 Å². The van der Waals surface area contributed by atoms with Crippen molar-refractivity contribution in [1.29, 1.82) is 0 Å². The van der Waals surface area contributed by atoms with Gasteiger partial charge in [0.05, 0.1) is 17.9 Å². The summed E-state index contributed by atoms with van der Waals surface area (Å²) in [7, 11) is -3.62. The van der Waals surface area contributed by atoms with Crippen LogP contribution in [0.4, 0.5) is 13.2 Å². The van der Waals surface area contributed by atoms with Gasteiger partial charge in [-0.05, 0) is 37.5 Å². The Morgan fingerprint density at radius 3 is 2.00 bits per heavy atom. The highest BCUT2D eigenvalue weighted by Crippen LogP contribution is 2.30. The summed E-state index contributed by atoms with van der Waals surface area (Å²) in [6, 6.07) is 0. The van der Waals surface area contributed by atoms with Crippen molar-refractivity contribution in [3.05, 3.63) is 0 Å². The highest BCUT2D eigenvalue weighted by atomic mass is 32.2. The number of hydrogen-bond acceptors (Lipinski definition) is 3. The van der Waals surface area contributed by atoms with Gasteiger partial charge in [0.1, 0.15) is 0 Å². The van der Waals surface area contributed by atoms with E-state index in [0.717, 1.165) is 12.8 Å². The van der Waals surface area contributed by atoms with Gasteiger partial charge in [-0.25, -0.2) is 8.42 Å². The Balaban J connectivity index is 2.37. The molecule has 0 spiro atoms. The van der Waals surface area contributed by atoms with Crippen LogP contribution in [0, 0.1) is 11.8 Å². The Kier molecular flexibility index (Phi) is 5.46. The second kappa shape index (κ2) is 6.23. The van der Waals surface area contributed by atoms with Crippen molar-refractivity contribution in [3.8, 4) is 0 Å². The van der Waals surface area contributed by atoms with Crippen LogP contribution in [0.2, 0.25) is 0 Å². The Morgan fingerprint density at radius 1 is 1.06 bits per heavy atom. The number of rotatable bonds is 5. The van der Waals surface area contributed by atoms with Crippen LogP contribution in [0.15, 0.2) is 0 Å². The molecular formula is C11H19F3O3S. The molecule has 108 valence electrons. The normalized spacial score (nSPS) is 26.2. The number of aliphatic hydroxyl groups is 1. The maximum atomic E-state index is 12.0. The molecule has 0 unspecified atom stereocenters. The minimum absolute atomic E-state index is 0.0500. The van der Waals surface area contributed by atoms with Crippen molar-refractivity contribution in [2.24, 2.45) is 11.8 Å². The Morgan fingerprint density at radius 2 is 1.56 bits per heavy atom. The number of hydrogen-bond donors (Lipinski definition) is 1. The average Bonchev–Trinajstić information content (AvgIpc) is 2.26. The summed E-state index contributed by atoms with van der Waals surface area (Å²) in [6.07, 6.45) is -2.80. The molecule has 1 fully saturated rings. The zero-order valence-electron chi connectivity index (χ0n) is 10.1. The molecule has 1 aliphatic rings. The molecule has 3 nitrogen and oxygen atoms in total. The maximum Gasteiger partial charge on any atom is 0.390 e. The second-order valence-electron chi connectivity index (χ2n) is 5.05. The standard InChI is InChI=1S/C11H19F3O3S/c12-11(13,14)5-6-18(16,17)8-10-3-1-9(7-15)2-4-10/h9-10,15H,1-8H2. The smallest absolute Gasteiger partial charge is 0.390 e. The molecule has 0 amide bonds. The van der Waals surface area contributed by atoms with Crippen LogP contribution in [-0.2, 0) is 9.84 Å². The fraction of sp³-hybridized carbons (Fsp3) is 1.00. The van der Waals surface area contributed by atoms with E-state index in [9.17, 15) is 21.6 Å². The Labute approximate surface area is 105 Å². The SMILES string of the molecule is O=S(=O)(CCC(F)(F)F)CC1CCC(CO)CC1. The van der Waals surface area contributed by atoms with Gasteiger partial charge in [0.25, 0.3) is 0 Å². The van der Waals surface area contributed by atoms with Gasteiger partial charge in [0.15, 0.2) is 9.84 Å². The molecule has 0 aromatic rings. The monoisotopic (exact) mass is 288 g/mol. The third-order valence-electron chi connectivity index (χ3n) is 3.41. The minimum atomic E-state index is -4.42. The molecule has 1 N–H and O–H groups in total. The topological polar surface area (TPSA) is 54.4 Å². The predicted octanol–water partition coefficient (Wildman–Crippen LogP) is 2.15. The van der Waals surface area contributed by atoms with Gasteiger partial charge in [0.2, 0.25) is 0 Å². The maximum absolute atomic E-state index is 12.0. The molecule has 0 radical (unpaired) electrons. The summed E-state index contributed by atoms with van der Waals surface area (Å²) in [5.41, 5.74) is 0. The van der Waals surface area contributed by atoms with E-state index >= 15 is 0 Å². The van der Waals surface area contributed by atoms with E-state index in [-0.39, 0.29) is 24.2 Å². The van der Waals surface area contributed by atoms with Crippen molar-refractivity contribution in [1.82, 2.24) is 0 Å². The van der Waals surface area contributed by atoms with E-state index in [2.05, 4.69) is 0 Å². The molecule has 0 atom stereocenters. The minimum Gasteiger partial charge on any atom is -0.396 e. The molecule has 7 heteroatoms. The highest BCUT2D eigenvalue weighted by Gasteiger charge is 2.31. The van der Waals surface area contributed by atoms with E-state index < -0.39 is 28.2 Å². The molecule has 1 rings (SSSR count). The molecule has 18 heavy (non-hydrogen) atoms. The summed E-state index contributed by atoms with van der Waals surface area (Å²) >= 11 is 0. The Hall–Kier alpha value is -0.300. The van der Waals surface area contributed by atoms with E-state index in [0.29, 0.717) is 12.8 Å². The first-order valence-corrected chi connectivity index (χ1v) is 7.92. The van der Waals surface area contributed by atoms with E-state index in [4.69, 9.17) is 5.11 Å². The van der Waals surface area contributed by atoms with Gasteiger partial charge < -0.3 is 5.11 Å². The Bertz CT molecular complexity index is 343. The quantitative estimate of drug-likeness (QED) is 0.843. The van der Waals surface area contributed by atoms with Crippen LogP contribution in [0.5, 0.6) is 0 Å². The van der Waals surface area contributed by atoms with Crippen LogP contribution >= 0.6 is 0 Å². The second-order valence-corrected chi connectivity index (χ2v) is 7.28. The van der Waals surface area contributed by atoms with Crippen molar-refractivity contribution in [2.75, 3.05) is 18.1 Å². The van der Waals surface area contributed by atoms with Gasteiger partial charge in [-0.15, -0.1) is 0 Å². The fourth-order valence-corrected chi connectivity index (χ4v) is 4.06. The van der Waals surface area contributed by atoms with E-state index in [1.54, 1.807) is 0 Å². The number of halogens is 3. The summed E-state index contributed by atoms with van der Waals surface area (Å²) < 4.78 is 59.0. The molecule has 0 saturated heterocycles. The molecule has 0 heterocycles. The van der Waals surface area contributed by atoms with Crippen molar-refractivity contribution < 1.29 is 26.7 Å². The molecule has 1 saturated carbocycles. The molecule has 0 aromatic carbocycles. The fourth-order valence-electron chi connectivity index (χ4n) is 2.29. The summed E-state index contributed by atoms with van der Waals surface area (Å²) in [5, 5.41) is 8.94. The number of aliphatic hydroxyl groups excluding tert-OH is 1. The van der Waals surface area contributed by atoms with Gasteiger partial charge in [-0.1, -0.05) is 0 Å². The first kappa shape index (κ1) is 15.8. The van der Waals surface area contributed by atoms with Crippen LogP contribution in [0.1, 0.15) is 32.1 Å². The van der Waals surface area contributed by atoms with Gasteiger partial charge in [-0.3, -0.25) is 0 Å². The van der Waals surface area contributed by atoms with Crippen molar-refractivity contribution in [2.45, 2.75) is 38.3 Å². The lowest BCUT2D eigenvalue weighted by Gasteiger charge is -2.27. The summed E-state index contributed by atoms with van der Waals surface area (Å²) in [5.74, 6) is -0.789. The van der Waals surface area contributed by atoms with Crippen LogP contribution in [-0.4, -0.2) is 37.8 Å². The third kappa shape index (κ3) is 6.04. The summed E-state index contributed by atoms with van der Waals surface area (Å²) in [4.78, 5) is 0. The molecule has 1 aliphatic carbocycles. The van der Waals surface area contributed by atoms with Gasteiger partial charge in [-0.2, -0.15) is 13.2 Å². The first-order valence-electron chi connectivity index (χ1n) is 6.10. The first-order chi connectivity index (χ1) is 8.22. The lowest BCUT2D eigenvalue weighted by atomic mass is 9.83. The predicted molar refractivity (Wildman–Crippen MR) is 61.9 cm³/mol. The summed E-state index contributed by atoms with van der Waals surface area (Å²) in [6.45, 7) is 0.105. The number of sulfone groups is 1. The zero-order chi connectivity index (χ0) is 13.8. The molecule has 0 aliphatic heterocycles. The lowest BCUT2D eigenvalue weighted by molar-refractivity contribution is -0.129. The third-order valence-corrected chi connectivity index (χ3v) is 5.22. The zero-order valence-corrected chi connectivity index (χ0v) is 10.9. The highest BCUT2D eigenvalue weighted by molar-refractivity contribution is 7.91. The van der Waals surface area contributed by atoms with Crippen molar-refractivity contribution >= 4 is 9.84 Å². The van der Waals surface area contributed by atoms with Crippen molar-refractivity contribution in [3.63, 3.8) is 0 Å². The molecular weight excluding hydrogens is 269 g/mol.